The number of rotatable bonds is 4. The van der Waals surface area contributed by atoms with E-state index in [2.05, 4.69) is 0 Å². The van der Waals surface area contributed by atoms with Gasteiger partial charge in [-0.3, -0.25) is 14.4 Å². The molecule has 0 N–H and O–H groups in total. The van der Waals surface area contributed by atoms with Gasteiger partial charge in [-0.2, -0.15) is 0 Å². The van der Waals surface area contributed by atoms with Crippen LogP contribution in [0.2, 0.25) is 5.02 Å². The Hall–Kier alpha value is -4.68. The predicted molar refractivity (Wildman–Crippen MR) is 153 cm³/mol. The first-order valence-corrected chi connectivity index (χ1v) is 13.4. The Balaban J connectivity index is 1.51. The van der Waals surface area contributed by atoms with Crippen LogP contribution in [0.4, 0.5) is 5.69 Å². The molecule has 40 heavy (non-hydrogen) atoms. The van der Waals surface area contributed by atoms with Crippen molar-refractivity contribution in [3.05, 3.63) is 146 Å². The smallest absolute Gasteiger partial charge is 0.291 e. The fourth-order valence-electron chi connectivity index (χ4n) is 5.99. The minimum absolute atomic E-state index is 0.0109. The second kappa shape index (κ2) is 8.93. The first-order chi connectivity index (χ1) is 19.4. The number of hydrogen-bond donors (Lipinski definition) is 0. The van der Waals surface area contributed by atoms with E-state index in [0.29, 0.717) is 32.8 Å². The Morgan fingerprint density at radius 1 is 0.800 bits per heavy atom. The summed E-state index contributed by atoms with van der Waals surface area (Å²) in [6, 6.07) is 29.3. The van der Waals surface area contributed by atoms with Gasteiger partial charge in [0.05, 0.1) is 23.2 Å². The summed E-state index contributed by atoms with van der Waals surface area (Å²) in [5.41, 5.74) is 2.14. The van der Waals surface area contributed by atoms with Crippen molar-refractivity contribution in [1.29, 1.82) is 0 Å². The quantitative estimate of drug-likeness (QED) is 0.269. The van der Waals surface area contributed by atoms with Crippen LogP contribution in [-0.4, -0.2) is 16.7 Å². The highest BCUT2D eigenvalue weighted by Gasteiger charge is 2.65. The van der Waals surface area contributed by atoms with E-state index in [1.54, 1.807) is 41.3 Å². The molecule has 3 heterocycles. The van der Waals surface area contributed by atoms with Crippen molar-refractivity contribution in [2.75, 3.05) is 4.90 Å². The molecule has 0 saturated carbocycles. The van der Waals surface area contributed by atoms with Crippen molar-refractivity contribution in [3.8, 4) is 0 Å². The van der Waals surface area contributed by atoms with Crippen LogP contribution in [-0.2, 0) is 23.4 Å². The summed E-state index contributed by atoms with van der Waals surface area (Å²) >= 11 is 6.54. The van der Waals surface area contributed by atoms with E-state index < -0.39 is 16.9 Å². The van der Waals surface area contributed by atoms with Crippen molar-refractivity contribution in [2.24, 2.45) is 0 Å². The highest BCUT2D eigenvalue weighted by molar-refractivity contribution is 6.31. The van der Waals surface area contributed by atoms with E-state index in [1.807, 2.05) is 67.6 Å². The molecule has 2 aliphatic rings. The van der Waals surface area contributed by atoms with E-state index >= 15 is 0 Å². The standard InChI is InChI=1S/C33H23ClN2O4/c1-20-14-16-21(17-15-20)18-35-26-12-6-4-10-24(26)33(32(35)39)28-29(37)23-9-3-7-13-27(23)40-30(28)31(38)36(33)19-22-8-2-5-11-25(22)34/h2-17H,18-19H2,1H3. The van der Waals surface area contributed by atoms with Crippen molar-refractivity contribution in [3.63, 3.8) is 0 Å². The van der Waals surface area contributed by atoms with Gasteiger partial charge in [0.1, 0.15) is 5.58 Å². The van der Waals surface area contributed by atoms with E-state index in [0.717, 1.165) is 11.1 Å². The zero-order valence-corrected chi connectivity index (χ0v) is 22.3. The molecule has 0 aliphatic carbocycles. The molecule has 5 aromatic rings. The largest absolute Gasteiger partial charge is 0.450 e. The summed E-state index contributed by atoms with van der Waals surface area (Å²) < 4.78 is 6.12. The molecule has 1 aromatic heterocycles. The molecule has 2 amide bonds. The highest BCUT2D eigenvalue weighted by Crippen LogP contribution is 2.53. The van der Waals surface area contributed by atoms with Crippen molar-refractivity contribution in [2.45, 2.75) is 25.6 Å². The van der Waals surface area contributed by atoms with Gasteiger partial charge in [0.25, 0.3) is 11.8 Å². The van der Waals surface area contributed by atoms with Gasteiger partial charge >= 0.3 is 0 Å². The highest BCUT2D eigenvalue weighted by atomic mass is 35.5. The van der Waals surface area contributed by atoms with Gasteiger partial charge in [-0.25, -0.2) is 0 Å². The first kappa shape index (κ1) is 24.4. The molecule has 0 saturated heterocycles. The van der Waals surface area contributed by atoms with Gasteiger partial charge in [0.2, 0.25) is 5.76 Å². The maximum atomic E-state index is 14.9. The van der Waals surface area contributed by atoms with Crippen molar-refractivity contribution >= 4 is 40.1 Å². The van der Waals surface area contributed by atoms with E-state index in [-0.39, 0.29) is 30.3 Å². The summed E-state index contributed by atoms with van der Waals surface area (Å²) in [7, 11) is 0. The number of para-hydroxylation sites is 2. The Morgan fingerprint density at radius 3 is 2.30 bits per heavy atom. The summed E-state index contributed by atoms with van der Waals surface area (Å²) in [4.78, 5) is 46.4. The minimum Gasteiger partial charge on any atom is -0.450 e. The number of nitrogens with zero attached hydrogens (tertiary/aromatic N) is 2. The van der Waals surface area contributed by atoms with Gasteiger partial charge in [0, 0.05) is 17.1 Å². The lowest BCUT2D eigenvalue weighted by Gasteiger charge is -2.34. The molecule has 0 bridgehead atoms. The van der Waals surface area contributed by atoms with Crippen LogP contribution in [0.25, 0.3) is 11.0 Å². The monoisotopic (exact) mass is 546 g/mol. The van der Waals surface area contributed by atoms with Crippen LogP contribution >= 0.6 is 11.6 Å². The third-order valence-electron chi connectivity index (χ3n) is 7.89. The average Bonchev–Trinajstić information content (AvgIpc) is 3.36. The third-order valence-corrected chi connectivity index (χ3v) is 8.26. The third kappa shape index (κ3) is 3.32. The van der Waals surface area contributed by atoms with Crippen LogP contribution in [0.5, 0.6) is 0 Å². The van der Waals surface area contributed by atoms with Gasteiger partial charge < -0.3 is 14.2 Å². The lowest BCUT2D eigenvalue weighted by molar-refractivity contribution is -0.126. The topological polar surface area (TPSA) is 70.8 Å². The number of fused-ring (bicyclic) bond motifs is 5. The molecule has 1 spiro atoms. The second-order valence-electron chi connectivity index (χ2n) is 10.2. The summed E-state index contributed by atoms with van der Waals surface area (Å²) in [5.74, 6) is -1.02. The molecule has 1 unspecified atom stereocenters. The lowest BCUT2D eigenvalue weighted by atomic mass is 9.83. The maximum Gasteiger partial charge on any atom is 0.291 e. The SMILES string of the molecule is Cc1ccc(CN2C(=O)C3(c4ccccc42)c2c(oc4ccccc4c2=O)C(=O)N3Cc2ccccc2Cl)cc1. The molecule has 196 valence electrons. The number of amides is 2. The Kier molecular flexibility index (Phi) is 5.44. The van der Waals surface area contributed by atoms with Crippen molar-refractivity contribution < 1.29 is 14.0 Å². The van der Waals surface area contributed by atoms with Crippen LogP contribution < -0.4 is 10.3 Å². The van der Waals surface area contributed by atoms with E-state index in [9.17, 15) is 14.4 Å². The van der Waals surface area contributed by atoms with Gasteiger partial charge in [-0.05, 0) is 42.3 Å². The molecule has 4 aromatic carbocycles. The molecule has 7 rings (SSSR count). The summed E-state index contributed by atoms with van der Waals surface area (Å²) in [6.07, 6.45) is 0. The Morgan fingerprint density at radius 2 is 1.50 bits per heavy atom. The van der Waals surface area contributed by atoms with Crippen LogP contribution in [0, 0.1) is 6.92 Å². The summed E-state index contributed by atoms with van der Waals surface area (Å²) in [5, 5.41) is 0.774. The number of halogens is 1. The molecular formula is C33H23ClN2O4. The molecule has 0 radical (unpaired) electrons. The average molecular weight is 547 g/mol. The van der Waals surface area contributed by atoms with Crippen LogP contribution in [0.3, 0.4) is 0 Å². The predicted octanol–water partition coefficient (Wildman–Crippen LogP) is 6.20. The number of aryl methyl sites for hydroxylation is 1. The number of carbonyl (C=O) groups excluding carboxylic acids is 2. The number of benzene rings is 4. The zero-order chi connectivity index (χ0) is 27.6. The lowest BCUT2D eigenvalue weighted by Crippen LogP contribution is -2.53. The summed E-state index contributed by atoms with van der Waals surface area (Å²) in [6.45, 7) is 2.30. The number of carbonyl (C=O) groups is 2. The normalized spacial score (nSPS) is 17.6. The Bertz CT molecular complexity index is 1910. The molecule has 0 fully saturated rings. The van der Waals surface area contributed by atoms with Gasteiger partial charge in [0.15, 0.2) is 11.0 Å². The minimum atomic E-state index is -1.71. The first-order valence-electron chi connectivity index (χ1n) is 13.0. The van der Waals surface area contributed by atoms with Crippen LogP contribution in [0.15, 0.2) is 106 Å². The maximum absolute atomic E-state index is 14.9. The van der Waals surface area contributed by atoms with Crippen molar-refractivity contribution in [1.82, 2.24) is 4.90 Å². The second-order valence-corrected chi connectivity index (χ2v) is 10.6. The molecule has 6 nitrogen and oxygen atoms in total. The molecular weight excluding hydrogens is 524 g/mol. The van der Waals surface area contributed by atoms with E-state index in [4.69, 9.17) is 16.0 Å². The van der Waals surface area contributed by atoms with Crippen LogP contribution in [0.1, 0.15) is 38.4 Å². The van der Waals surface area contributed by atoms with Gasteiger partial charge in [-0.1, -0.05) is 90.0 Å². The fraction of sp³-hybridized carbons (Fsp3) is 0.121. The number of hydrogen-bond acceptors (Lipinski definition) is 4. The Labute approximate surface area is 235 Å². The van der Waals surface area contributed by atoms with E-state index in [1.165, 1.54) is 4.90 Å². The fourth-order valence-corrected chi connectivity index (χ4v) is 6.18. The zero-order valence-electron chi connectivity index (χ0n) is 21.6. The molecule has 2 aliphatic heterocycles. The number of anilines is 1. The van der Waals surface area contributed by atoms with Gasteiger partial charge in [-0.15, -0.1) is 0 Å². The molecule has 1 atom stereocenters. The molecule has 7 heteroatoms.